The number of rotatable bonds is 3. The third kappa shape index (κ3) is 2.30. The van der Waals surface area contributed by atoms with E-state index in [1.807, 2.05) is 12.3 Å². The smallest absolute Gasteiger partial charge is 0.352 e. The molecule has 0 radical (unpaired) electrons. The maximum absolute atomic E-state index is 10.8. The summed E-state index contributed by atoms with van der Waals surface area (Å²) in [6, 6.07) is 3.36. The molecule has 0 amide bonds. The second-order valence-electron chi connectivity index (χ2n) is 4.13. The summed E-state index contributed by atoms with van der Waals surface area (Å²) in [5.41, 5.74) is 2.39. The van der Waals surface area contributed by atoms with Gasteiger partial charge in [0.05, 0.1) is 5.69 Å². The van der Waals surface area contributed by atoms with Crippen LogP contribution < -0.4 is 0 Å². The summed E-state index contributed by atoms with van der Waals surface area (Å²) in [7, 11) is 0. The molecule has 0 aliphatic carbocycles. The number of carbonyl (C=O) groups is 1. The SMILES string of the molecule is Cc1nccc(-c2nc(-c3c[nH]c(C(=O)O)c3)cs2)n1. The van der Waals surface area contributed by atoms with E-state index >= 15 is 0 Å². The average molecular weight is 286 g/mol. The molecule has 100 valence electrons. The molecule has 0 atom stereocenters. The summed E-state index contributed by atoms with van der Waals surface area (Å²) in [5, 5.41) is 11.6. The van der Waals surface area contributed by atoms with Crippen LogP contribution >= 0.6 is 11.3 Å². The zero-order chi connectivity index (χ0) is 14.1. The van der Waals surface area contributed by atoms with Gasteiger partial charge in [-0.25, -0.2) is 19.7 Å². The molecular weight excluding hydrogens is 276 g/mol. The monoisotopic (exact) mass is 286 g/mol. The fourth-order valence-electron chi connectivity index (χ4n) is 1.76. The Morgan fingerprint density at radius 2 is 2.20 bits per heavy atom. The van der Waals surface area contributed by atoms with Gasteiger partial charge in [-0.3, -0.25) is 0 Å². The standard InChI is InChI=1S/C13H10N4O2S/c1-7-14-3-2-9(16-7)12-17-11(6-20-12)8-4-10(13(18)19)15-5-8/h2-6,15H,1H3,(H,18,19). The second kappa shape index (κ2) is 4.86. The summed E-state index contributed by atoms with van der Waals surface area (Å²) in [6.07, 6.45) is 3.32. The second-order valence-corrected chi connectivity index (χ2v) is 4.99. The van der Waals surface area contributed by atoms with Crippen molar-refractivity contribution in [3.63, 3.8) is 0 Å². The fraction of sp³-hybridized carbons (Fsp3) is 0.0769. The van der Waals surface area contributed by atoms with Crippen molar-refractivity contribution < 1.29 is 9.90 Å². The maximum atomic E-state index is 10.8. The molecular formula is C13H10N4O2S. The van der Waals surface area contributed by atoms with Crippen molar-refractivity contribution in [2.45, 2.75) is 6.92 Å². The van der Waals surface area contributed by atoms with E-state index in [2.05, 4.69) is 19.9 Å². The van der Waals surface area contributed by atoms with Gasteiger partial charge in [0.2, 0.25) is 0 Å². The van der Waals surface area contributed by atoms with Crippen LogP contribution in [0.1, 0.15) is 16.3 Å². The van der Waals surface area contributed by atoms with E-state index in [1.165, 1.54) is 11.3 Å². The van der Waals surface area contributed by atoms with E-state index < -0.39 is 5.97 Å². The third-order valence-electron chi connectivity index (χ3n) is 2.71. The molecule has 3 rings (SSSR count). The number of carboxylic acids is 1. The molecule has 7 heteroatoms. The summed E-state index contributed by atoms with van der Waals surface area (Å²) in [6.45, 7) is 1.82. The molecule has 3 heterocycles. The Morgan fingerprint density at radius 1 is 1.35 bits per heavy atom. The number of carboxylic acid groups (broad SMARTS) is 1. The fourth-order valence-corrected chi connectivity index (χ4v) is 2.56. The van der Waals surface area contributed by atoms with Crippen LogP contribution in [0.15, 0.2) is 29.9 Å². The first-order chi connectivity index (χ1) is 9.63. The Kier molecular flexibility index (Phi) is 3.03. The Labute approximate surface area is 118 Å². The van der Waals surface area contributed by atoms with Crippen molar-refractivity contribution in [1.82, 2.24) is 19.9 Å². The highest BCUT2D eigenvalue weighted by Gasteiger charge is 2.11. The molecule has 0 spiro atoms. The molecule has 6 nitrogen and oxygen atoms in total. The van der Waals surface area contributed by atoms with E-state index in [-0.39, 0.29) is 5.69 Å². The number of thiazole rings is 1. The van der Waals surface area contributed by atoms with E-state index in [1.54, 1.807) is 24.5 Å². The van der Waals surface area contributed by atoms with Gasteiger partial charge in [-0.1, -0.05) is 0 Å². The van der Waals surface area contributed by atoms with Gasteiger partial charge < -0.3 is 10.1 Å². The Balaban J connectivity index is 1.95. The van der Waals surface area contributed by atoms with Crippen LogP contribution in [-0.4, -0.2) is 31.0 Å². The highest BCUT2D eigenvalue weighted by molar-refractivity contribution is 7.13. The summed E-state index contributed by atoms with van der Waals surface area (Å²) in [4.78, 5) is 26.4. The molecule has 0 saturated heterocycles. The first-order valence-corrected chi connectivity index (χ1v) is 6.69. The highest BCUT2D eigenvalue weighted by Crippen LogP contribution is 2.28. The number of H-pyrrole nitrogens is 1. The lowest BCUT2D eigenvalue weighted by Gasteiger charge is -1.95. The van der Waals surface area contributed by atoms with Gasteiger partial charge in [0, 0.05) is 23.3 Å². The van der Waals surface area contributed by atoms with Crippen LogP contribution in [0, 0.1) is 6.92 Å². The number of aromatic nitrogens is 4. The van der Waals surface area contributed by atoms with Gasteiger partial charge in [0.1, 0.15) is 22.2 Å². The number of hydrogen-bond acceptors (Lipinski definition) is 5. The van der Waals surface area contributed by atoms with Gasteiger partial charge in [-0.05, 0) is 19.1 Å². The first kappa shape index (κ1) is 12.5. The van der Waals surface area contributed by atoms with Gasteiger partial charge in [-0.15, -0.1) is 11.3 Å². The van der Waals surface area contributed by atoms with Crippen molar-refractivity contribution in [1.29, 1.82) is 0 Å². The number of hydrogen-bond donors (Lipinski definition) is 2. The van der Waals surface area contributed by atoms with E-state index in [0.717, 1.165) is 22.0 Å². The predicted octanol–water partition coefficient (Wildman–Crippen LogP) is 2.60. The number of aromatic amines is 1. The van der Waals surface area contributed by atoms with E-state index in [0.29, 0.717) is 5.82 Å². The van der Waals surface area contributed by atoms with E-state index in [9.17, 15) is 4.79 Å². The molecule has 0 aliphatic heterocycles. The summed E-state index contributed by atoms with van der Waals surface area (Å²) >= 11 is 1.46. The van der Waals surface area contributed by atoms with Crippen molar-refractivity contribution >= 4 is 17.3 Å². The van der Waals surface area contributed by atoms with Crippen molar-refractivity contribution in [2.24, 2.45) is 0 Å². The van der Waals surface area contributed by atoms with Crippen molar-refractivity contribution in [3.05, 3.63) is 41.4 Å². The third-order valence-corrected chi connectivity index (χ3v) is 3.57. The molecule has 0 aliphatic rings. The lowest BCUT2D eigenvalue weighted by molar-refractivity contribution is 0.0691. The molecule has 0 unspecified atom stereocenters. The van der Waals surface area contributed by atoms with Crippen LogP contribution in [0.5, 0.6) is 0 Å². The van der Waals surface area contributed by atoms with E-state index in [4.69, 9.17) is 5.11 Å². The minimum absolute atomic E-state index is 0.146. The summed E-state index contributed by atoms with van der Waals surface area (Å²) in [5.74, 6) is -0.299. The Bertz CT molecular complexity index is 778. The van der Waals surface area contributed by atoms with Crippen molar-refractivity contribution in [2.75, 3.05) is 0 Å². The Morgan fingerprint density at radius 3 is 2.90 bits per heavy atom. The minimum atomic E-state index is -0.988. The molecule has 20 heavy (non-hydrogen) atoms. The van der Waals surface area contributed by atoms with Crippen LogP contribution in [-0.2, 0) is 0 Å². The zero-order valence-electron chi connectivity index (χ0n) is 10.5. The molecule has 2 N–H and O–H groups in total. The number of nitrogens with zero attached hydrogens (tertiary/aromatic N) is 3. The maximum Gasteiger partial charge on any atom is 0.352 e. The van der Waals surface area contributed by atoms with Gasteiger partial charge >= 0.3 is 5.97 Å². The average Bonchev–Trinajstić information content (AvgIpc) is 3.08. The topological polar surface area (TPSA) is 91.8 Å². The lowest BCUT2D eigenvalue weighted by atomic mass is 10.2. The lowest BCUT2D eigenvalue weighted by Crippen LogP contribution is -1.94. The number of nitrogens with one attached hydrogen (secondary N) is 1. The summed E-state index contributed by atoms with van der Waals surface area (Å²) < 4.78 is 0. The molecule has 0 saturated carbocycles. The van der Waals surface area contributed by atoms with Crippen LogP contribution in [0.3, 0.4) is 0 Å². The first-order valence-electron chi connectivity index (χ1n) is 5.81. The normalized spacial score (nSPS) is 10.7. The van der Waals surface area contributed by atoms with Crippen molar-refractivity contribution in [3.8, 4) is 22.0 Å². The van der Waals surface area contributed by atoms with Crippen LogP contribution in [0.25, 0.3) is 22.0 Å². The van der Waals surface area contributed by atoms with Crippen LogP contribution in [0.2, 0.25) is 0 Å². The predicted molar refractivity (Wildman–Crippen MR) is 74.6 cm³/mol. The minimum Gasteiger partial charge on any atom is -0.477 e. The molecule has 0 aromatic carbocycles. The number of aromatic carboxylic acids is 1. The quantitative estimate of drug-likeness (QED) is 0.772. The zero-order valence-corrected chi connectivity index (χ0v) is 11.3. The largest absolute Gasteiger partial charge is 0.477 e. The Hall–Kier alpha value is -2.54. The van der Waals surface area contributed by atoms with Gasteiger partial charge in [0.15, 0.2) is 0 Å². The van der Waals surface area contributed by atoms with Crippen LogP contribution in [0.4, 0.5) is 0 Å². The number of aryl methyl sites for hydroxylation is 1. The highest BCUT2D eigenvalue weighted by atomic mass is 32.1. The van der Waals surface area contributed by atoms with Gasteiger partial charge in [0.25, 0.3) is 0 Å². The molecule has 3 aromatic heterocycles. The molecule has 0 fully saturated rings. The molecule has 0 bridgehead atoms. The molecule has 3 aromatic rings. The van der Waals surface area contributed by atoms with Gasteiger partial charge in [-0.2, -0.15) is 0 Å².